The Morgan fingerprint density at radius 2 is 1.06 bits per heavy atom. The van der Waals surface area contributed by atoms with Crippen molar-refractivity contribution in [2.45, 2.75) is 6.35 Å². The minimum atomic E-state index is -0.699. The van der Waals surface area contributed by atoms with Gasteiger partial charge in [-0.2, -0.15) is 0 Å². The minimum absolute atomic E-state index is 0.699. The molecule has 2 aromatic rings. The number of rotatable bonds is 4. The molecule has 0 aromatic heterocycles. The molecule has 0 aliphatic heterocycles. The fourth-order valence-corrected chi connectivity index (χ4v) is 1.85. The highest BCUT2D eigenvalue weighted by Gasteiger charge is 2.16. The molecule has 0 unspecified atom stereocenters. The summed E-state index contributed by atoms with van der Waals surface area (Å²) in [6.45, 7) is 0. The Labute approximate surface area is 108 Å². The highest BCUT2D eigenvalue weighted by molar-refractivity contribution is 5.51. The van der Waals surface area contributed by atoms with E-state index in [9.17, 15) is 5.11 Å². The van der Waals surface area contributed by atoms with Crippen LogP contribution in [-0.2, 0) is 0 Å². The van der Waals surface area contributed by atoms with Crippen LogP contribution >= 0.6 is 0 Å². The third kappa shape index (κ3) is 2.63. The molecule has 0 saturated heterocycles. The van der Waals surface area contributed by atoms with Crippen LogP contribution in [0.2, 0.25) is 0 Å². The van der Waals surface area contributed by atoms with Gasteiger partial charge in [0.05, 0.1) is 0 Å². The minimum Gasteiger partial charge on any atom is -0.356 e. The zero-order chi connectivity index (χ0) is 13.0. The van der Waals surface area contributed by atoms with Gasteiger partial charge in [0.25, 0.3) is 0 Å². The van der Waals surface area contributed by atoms with Gasteiger partial charge in [0.15, 0.2) is 0 Å². The number of nitrogens with zero attached hydrogens (tertiary/aromatic N) is 2. The number of anilines is 2. The van der Waals surface area contributed by atoms with E-state index in [-0.39, 0.29) is 0 Å². The van der Waals surface area contributed by atoms with Crippen molar-refractivity contribution < 1.29 is 5.11 Å². The lowest BCUT2D eigenvalue weighted by atomic mass is 10.3. The second-order valence-corrected chi connectivity index (χ2v) is 4.24. The molecule has 0 aliphatic carbocycles. The van der Waals surface area contributed by atoms with Crippen molar-refractivity contribution >= 4 is 11.4 Å². The van der Waals surface area contributed by atoms with E-state index in [0.717, 1.165) is 11.4 Å². The lowest BCUT2D eigenvalue weighted by molar-refractivity contribution is 0.175. The summed E-state index contributed by atoms with van der Waals surface area (Å²) in [5, 5.41) is 10.3. The zero-order valence-electron chi connectivity index (χ0n) is 10.7. The molecular weight excluding hydrogens is 224 g/mol. The summed E-state index contributed by atoms with van der Waals surface area (Å²) in [5.41, 5.74) is 1.96. The van der Waals surface area contributed by atoms with Crippen molar-refractivity contribution in [3.8, 4) is 0 Å². The summed E-state index contributed by atoms with van der Waals surface area (Å²) in [5.74, 6) is 0. The second-order valence-electron chi connectivity index (χ2n) is 4.24. The number of aliphatic hydroxyl groups is 1. The molecule has 0 amide bonds. The van der Waals surface area contributed by atoms with Gasteiger partial charge >= 0.3 is 0 Å². The van der Waals surface area contributed by atoms with E-state index in [1.54, 1.807) is 0 Å². The fraction of sp³-hybridized carbons (Fsp3) is 0.200. The molecule has 0 fully saturated rings. The van der Waals surface area contributed by atoms with Gasteiger partial charge in [-0.1, -0.05) is 36.4 Å². The topological polar surface area (TPSA) is 26.7 Å². The SMILES string of the molecule is CN(c1ccccc1)C(O)N(C)c1ccccc1. The molecule has 0 aliphatic rings. The summed E-state index contributed by atoms with van der Waals surface area (Å²) < 4.78 is 0. The van der Waals surface area contributed by atoms with Gasteiger partial charge in [-0.05, 0) is 24.3 Å². The average Bonchev–Trinajstić information content (AvgIpc) is 2.47. The van der Waals surface area contributed by atoms with Crippen LogP contribution in [0.5, 0.6) is 0 Å². The van der Waals surface area contributed by atoms with Crippen LogP contribution in [0, 0.1) is 0 Å². The molecule has 0 saturated carbocycles. The van der Waals surface area contributed by atoms with Gasteiger partial charge in [-0.25, -0.2) is 0 Å². The number of benzene rings is 2. The summed E-state index contributed by atoms with van der Waals surface area (Å²) >= 11 is 0. The summed E-state index contributed by atoms with van der Waals surface area (Å²) in [4.78, 5) is 3.65. The Morgan fingerprint density at radius 1 is 0.722 bits per heavy atom. The van der Waals surface area contributed by atoms with Gasteiger partial charge in [0, 0.05) is 25.5 Å². The van der Waals surface area contributed by atoms with Crippen LogP contribution in [0.4, 0.5) is 11.4 Å². The highest BCUT2D eigenvalue weighted by atomic mass is 16.3. The second kappa shape index (κ2) is 5.56. The normalized spacial score (nSPS) is 10.4. The maximum atomic E-state index is 10.3. The third-order valence-electron chi connectivity index (χ3n) is 3.02. The van der Waals surface area contributed by atoms with Crippen molar-refractivity contribution in [1.29, 1.82) is 0 Å². The lowest BCUT2D eigenvalue weighted by Gasteiger charge is -2.33. The van der Waals surface area contributed by atoms with Gasteiger partial charge in [-0.15, -0.1) is 0 Å². The number of para-hydroxylation sites is 2. The first-order valence-corrected chi connectivity index (χ1v) is 5.94. The van der Waals surface area contributed by atoms with Crippen LogP contribution in [0.3, 0.4) is 0 Å². The summed E-state index contributed by atoms with van der Waals surface area (Å²) in [7, 11) is 3.75. The van der Waals surface area contributed by atoms with Gasteiger partial charge in [0.1, 0.15) is 0 Å². The Bertz CT molecular complexity index is 427. The number of hydrogen-bond donors (Lipinski definition) is 1. The maximum Gasteiger partial charge on any atom is 0.207 e. The molecule has 0 atom stereocenters. The summed E-state index contributed by atoms with van der Waals surface area (Å²) in [6.07, 6.45) is -0.699. The molecule has 0 radical (unpaired) electrons. The van der Waals surface area contributed by atoms with Gasteiger partial charge in [-0.3, -0.25) is 0 Å². The van der Waals surface area contributed by atoms with E-state index in [1.165, 1.54) is 0 Å². The first-order valence-electron chi connectivity index (χ1n) is 5.94. The highest BCUT2D eigenvalue weighted by Crippen LogP contribution is 2.19. The summed E-state index contributed by atoms with van der Waals surface area (Å²) in [6, 6.07) is 19.7. The molecule has 18 heavy (non-hydrogen) atoms. The molecule has 0 spiro atoms. The molecule has 94 valence electrons. The van der Waals surface area contributed by atoms with Crippen LogP contribution in [0.1, 0.15) is 0 Å². The molecule has 0 heterocycles. The first kappa shape index (κ1) is 12.5. The third-order valence-corrected chi connectivity index (χ3v) is 3.02. The van der Waals surface area contributed by atoms with Crippen LogP contribution in [0.15, 0.2) is 60.7 Å². The predicted molar refractivity (Wildman–Crippen MR) is 75.7 cm³/mol. The molecule has 3 heteroatoms. The maximum absolute atomic E-state index is 10.3. The number of aliphatic hydroxyl groups excluding tert-OH is 1. The molecular formula is C15H18N2O. The van der Waals surface area contributed by atoms with E-state index in [0.29, 0.717) is 0 Å². The van der Waals surface area contributed by atoms with E-state index >= 15 is 0 Å². The van der Waals surface area contributed by atoms with E-state index in [4.69, 9.17) is 0 Å². The van der Waals surface area contributed by atoms with Gasteiger partial charge in [0.2, 0.25) is 6.35 Å². The average molecular weight is 242 g/mol. The van der Waals surface area contributed by atoms with Crippen molar-refractivity contribution in [2.24, 2.45) is 0 Å². The lowest BCUT2D eigenvalue weighted by Crippen LogP contribution is -2.45. The smallest absolute Gasteiger partial charge is 0.207 e. The van der Waals surface area contributed by atoms with E-state index < -0.39 is 6.35 Å². The molecule has 2 aromatic carbocycles. The van der Waals surface area contributed by atoms with Crippen LogP contribution in [-0.4, -0.2) is 25.6 Å². The Kier molecular flexibility index (Phi) is 3.85. The predicted octanol–water partition coefficient (Wildman–Crippen LogP) is 2.54. The Morgan fingerprint density at radius 3 is 1.39 bits per heavy atom. The zero-order valence-corrected chi connectivity index (χ0v) is 10.7. The quantitative estimate of drug-likeness (QED) is 0.835. The molecule has 3 nitrogen and oxygen atoms in total. The van der Waals surface area contributed by atoms with E-state index in [1.807, 2.05) is 84.6 Å². The number of hydrogen-bond acceptors (Lipinski definition) is 3. The van der Waals surface area contributed by atoms with Crippen molar-refractivity contribution in [3.05, 3.63) is 60.7 Å². The van der Waals surface area contributed by atoms with Crippen molar-refractivity contribution in [1.82, 2.24) is 0 Å². The fourth-order valence-electron chi connectivity index (χ4n) is 1.85. The Balaban J connectivity index is 2.14. The molecule has 2 rings (SSSR count). The Hall–Kier alpha value is -2.00. The van der Waals surface area contributed by atoms with Crippen LogP contribution < -0.4 is 9.80 Å². The van der Waals surface area contributed by atoms with Crippen molar-refractivity contribution in [3.63, 3.8) is 0 Å². The monoisotopic (exact) mass is 242 g/mol. The first-order chi connectivity index (χ1) is 8.70. The van der Waals surface area contributed by atoms with Gasteiger partial charge < -0.3 is 14.9 Å². The van der Waals surface area contributed by atoms with Crippen LogP contribution in [0.25, 0.3) is 0 Å². The largest absolute Gasteiger partial charge is 0.356 e. The van der Waals surface area contributed by atoms with E-state index in [2.05, 4.69) is 0 Å². The van der Waals surface area contributed by atoms with Crippen molar-refractivity contribution in [2.75, 3.05) is 23.9 Å². The molecule has 0 bridgehead atoms. The molecule has 1 N–H and O–H groups in total. The standard InChI is InChI=1S/C15H18N2O/c1-16(13-9-5-3-6-10-13)15(18)17(2)14-11-7-4-8-12-14/h3-12,15,18H,1-2H3.